The maximum absolute atomic E-state index is 12.1. The molecule has 0 bridgehead atoms. The van der Waals surface area contributed by atoms with E-state index in [0.717, 1.165) is 0 Å². The molecule has 0 spiro atoms. The Balaban J connectivity index is 2.16. The van der Waals surface area contributed by atoms with Gasteiger partial charge in [-0.25, -0.2) is 9.97 Å². The van der Waals surface area contributed by atoms with E-state index in [4.69, 9.17) is 16.3 Å². The van der Waals surface area contributed by atoms with Crippen molar-refractivity contribution in [2.24, 2.45) is 0 Å². The highest BCUT2D eigenvalue weighted by Gasteiger charge is 2.28. The van der Waals surface area contributed by atoms with Gasteiger partial charge in [0, 0.05) is 0 Å². The van der Waals surface area contributed by atoms with Gasteiger partial charge in [0.1, 0.15) is 12.3 Å². The van der Waals surface area contributed by atoms with Crippen molar-refractivity contribution < 1.29 is 22.7 Å². The van der Waals surface area contributed by atoms with E-state index in [9.17, 15) is 18.0 Å². The maximum Gasteiger partial charge on any atom is 0.405 e. The predicted molar refractivity (Wildman–Crippen MR) is 71.9 cm³/mol. The van der Waals surface area contributed by atoms with Gasteiger partial charge in [0.15, 0.2) is 0 Å². The average molecular weight is 332 g/mol. The molecular formula is C13H9ClF3N3O2. The summed E-state index contributed by atoms with van der Waals surface area (Å²) in [6.45, 7) is -1.43. The van der Waals surface area contributed by atoms with Gasteiger partial charge in [0.05, 0.1) is 23.0 Å². The number of nitrogens with zero attached hydrogens (tertiary/aromatic N) is 2. The number of rotatable bonds is 4. The van der Waals surface area contributed by atoms with E-state index in [1.807, 2.05) is 0 Å². The fourth-order valence-corrected chi connectivity index (χ4v) is 1.57. The zero-order valence-electron chi connectivity index (χ0n) is 10.9. The highest BCUT2D eigenvalue weighted by molar-refractivity contribution is 6.30. The molecule has 0 saturated carbocycles. The monoisotopic (exact) mass is 331 g/mol. The number of amides is 1. The first kappa shape index (κ1) is 16.0. The Labute approximate surface area is 128 Å². The number of benzene rings is 1. The molecule has 1 N–H and O–H groups in total. The Morgan fingerprint density at radius 2 is 1.86 bits per heavy atom. The fraction of sp³-hybridized carbons (Fsp3) is 0.154. The van der Waals surface area contributed by atoms with Crippen molar-refractivity contribution in [1.29, 1.82) is 0 Å². The number of alkyl halides is 3. The van der Waals surface area contributed by atoms with Gasteiger partial charge in [-0.15, -0.1) is 0 Å². The predicted octanol–water partition coefficient (Wildman–Crippen LogP) is 3.21. The minimum Gasteiger partial charge on any atom is -0.423 e. The summed E-state index contributed by atoms with van der Waals surface area (Å²) in [6.07, 6.45) is -1.92. The molecule has 0 aliphatic heterocycles. The zero-order chi connectivity index (χ0) is 16.2. The molecule has 0 atom stereocenters. The fourth-order valence-electron chi connectivity index (χ4n) is 1.47. The second-order valence-corrected chi connectivity index (χ2v) is 4.52. The summed E-state index contributed by atoms with van der Waals surface area (Å²) in [6, 6.07) is 5.72. The van der Waals surface area contributed by atoms with Crippen LogP contribution in [0.1, 0.15) is 10.4 Å². The number of ether oxygens (including phenoxy) is 1. The normalized spacial score (nSPS) is 11.1. The summed E-state index contributed by atoms with van der Waals surface area (Å²) >= 11 is 5.63. The van der Waals surface area contributed by atoms with E-state index in [1.54, 1.807) is 11.4 Å². The number of carbonyl (C=O) groups is 1. The Bertz CT molecular complexity index is 662. The van der Waals surface area contributed by atoms with E-state index in [0.29, 0.717) is 5.02 Å². The highest BCUT2D eigenvalue weighted by atomic mass is 35.5. The molecule has 1 aromatic carbocycles. The molecule has 5 nitrogen and oxygen atoms in total. The molecule has 0 aliphatic rings. The summed E-state index contributed by atoms with van der Waals surface area (Å²) in [5, 5.41) is 2.06. The Hall–Kier alpha value is -2.35. The molecule has 9 heteroatoms. The smallest absolute Gasteiger partial charge is 0.405 e. The lowest BCUT2D eigenvalue weighted by Crippen LogP contribution is -2.33. The second kappa shape index (κ2) is 6.61. The van der Waals surface area contributed by atoms with Crippen LogP contribution in [0.15, 0.2) is 36.7 Å². The third-order valence-corrected chi connectivity index (χ3v) is 2.57. The number of hydrogen-bond acceptors (Lipinski definition) is 4. The van der Waals surface area contributed by atoms with Gasteiger partial charge >= 0.3 is 12.2 Å². The van der Waals surface area contributed by atoms with Crippen molar-refractivity contribution in [2.75, 3.05) is 6.54 Å². The van der Waals surface area contributed by atoms with E-state index < -0.39 is 18.6 Å². The number of nitrogens with one attached hydrogen (secondary N) is 1. The quantitative estimate of drug-likeness (QED) is 0.934. The van der Waals surface area contributed by atoms with Gasteiger partial charge in [-0.05, 0) is 12.1 Å². The molecule has 0 fully saturated rings. The van der Waals surface area contributed by atoms with Crippen LogP contribution < -0.4 is 10.1 Å². The van der Waals surface area contributed by atoms with Gasteiger partial charge in [-0.3, -0.25) is 4.79 Å². The van der Waals surface area contributed by atoms with Crippen molar-refractivity contribution in [3.8, 4) is 11.8 Å². The van der Waals surface area contributed by atoms with Crippen LogP contribution in [0, 0.1) is 0 Å². The number of carbonyl (C=O) groups excluding carboxylic acids is 1. The molecule has 2 rings (SSSR count). The van der Waals surface area contributed by atoms with Crippen LogP contribution in [-0.4, -0.2) is 28.6 Å². The Morgan fingerprint density at radius 1 is 1.23 bits per heavy atom. The first-order chi connectivity index (χ1) is 10.3. The lowest BCUT2D eigenvalue weighted by atomic mass is 10.2. The molecule has 0 aliphatic carbocycles. The van der Waals surface area contributed by atoms with Crippen LogP contribution in [0.4, 0.5) is 13.2 Å². The van der Waals surface area contributed by atoms with Crippen LogP contribution in [0.25, 0.3) is 0 Å². The molecule has 0 saturated heterocycles. The lowest BCUT2D eigenvalue weighted by Gasteiger charge is -2.11. The van der Waals surface area contributed by atoms with Crippen LogP contribution >= 0.6 is 11.6 Å². The van der Waals surface area contributed by atoms with E-state index in [2.05, 4.69) is 9.97 Å². The van der Waals surface area contributed by atoms with E-state index in [-0.39, 0.29) is 17.3 Å². The molecule has 1 heterocycles. The standard InChI is InChI=1S/C13H9ClF3N3O2/c14-8-5-18-12(19-6-8)22-10-4-2-1-3-9(10)11(21)20-7-13(15,16)17/h1-6H,7H2,(H,20,21). The third kappa shape index (κ3) is 4.59. The van der Waals surface area contributed by atoms with Crippen molar-refractivity contribution in [3.05, 3.63) is 47.2 Å². The molecule has 0 radical (unpaired) electrons. The van der Waals surface area contributed by atoms with Gasteiger partial charge in [0.2, 0.25) is 0 Å². The largest absolute Gasteiger partial charge is 0.423 e. The van der Waals surface area contributed by atoms with Gasteiger partial charge < -0.3 is 10.1 Å². The van der Waals surface area contributed by atoms with Crippen molar-refractivity contribution >= 4 is 17.5 Å². The van der Waals surface area contributed by atoms with Crippen LogP contribution in [-0.2, 0) is 0 Å². The summed E-state index contributed by atoms with van der Waals surface area (Å²) < 4.78 is 41.7. The molecule has 22 heavy (non-hydrogen) atoms. The first-order valence-corrected chi connectivity index (χ1v) is 6.32. The summed E-state index contributed by atoms with van der Waals surface area (Å²) in [5.41, 5.74) is -0.0645. The minimum atomic E-state index is -4.50. The molecule has 1 aromatic heterocycles. The van der Waals surface area contributed by atoms with Crippen LogP contribution in [0.2, 0.25) is 5.02 Å². The van der Waals surface area contributed by atoms with Crippen molar-refractivity contribution in [3.63, 3.8) is 0 Å². The zero-order valence-corrected chi connectivity index (χ0v) is 11.6. The second-order valence-electron chi connectivity index (χ2n) is 4.08. The van der Waals surface area contributed by atoms with Gasteiger partial charge in [0.25, 0.3) is 5.91 Å². The summed E-state index contributed by atoms with van der Waals surface area (Å²) in [5.74, 6) is -0.883. The molecule has 116 valence electrons. The molecule has 2 aromatic rings. The summed E-state index contributed by atoms with van der Waals surface area (Å²) in [4.78, 5) is 19.4. The topological polar surface area (TPSA) is 64.1 Å². The molecule has 1 amide bonds. The van der Waals surface area contributed by atoms with Crippen molar-refractivity contribution in [2.45, 2.75) is 6.18 Å². The van der Waals surface area contributed by atoms with E-state index >= 15 is 0 Å². The Kier molecular flexibility index (Phi) is 4.81. The molecule has 0 unspecified atom stereocenters. The van der Waals surface area contributed by atoms with Crippen LogP contribution in [0.5, 0.6) is 11.8 Å². The van der Waals surface area contributed by atoms with Gasteiger partial charge in [-0.1, -0.05) is 23.7 Å². The first-order valence-electron chi connectivity index (χ1n) is 5.94. The van der Waals surface area contributed by atoms with Crippen LogP contribution in [0.3, 0.4) is 0 Å². The average Bonchev–Trinajstić information content (AvgIpc) is 2.47. The number of halogens is 4. The van der Waals surface area contributed by atoms with Gasteiger partial charge in [-0.2, -0.15) is 13.2 Å². The van der Waals surface area contributed by atoms with E-state index in [1.165, 1.54) is 30.6 Å². The highest BCUT2D eigenvalue weighted by Crippen LogP contribution is 2.23. The molecular weight excluding hydrogens is 323 g/mol. The minimum absolute atomic E-state index is 0.0319. The van der Waals surface area contributed by atoms with Crippen molar-refractivity contribution in [1.82, 2.24) is 15.3 Å². The number of aromatic nitrogens is 2. The third-order valence-electron chi connectivity index (χ3n) is 2.38. The Morgan fingerprint density at radius 3 is 2.50 bits per heavy atom. The summed E-state index contributed by atoms with van der Waals surface area (Å²) in [7, 11) is 0. The number of para-hydroxylation sites is 1. The SMILES string of the molecule is O=C(NCC(F)(F)F)c1ccccc1Oc1ncc(Cl)cn1. The lowest BCUT2D eigenvalue weighted by molar-refractivity contribution is -0.123. The maximum atomic E-state index is 12.1. The number of hydrogen-bond donors (Lipinski definition) is 1.